The zero-order valence-corrected chi connectivity index (χ0v) is 12.5. The predicted octanol–water partition coefficient (Wildman–Crippen LogP) is 2.97. The zero-order valence-electron chi connectivity index (χ0n) is 10.9. The minimum Gasteiger partial charge on any atom is -0.480 e. The molecule has 0 saturated heterocycles. The number of nitro benzene ring substituents is 1. The largest absolute Gasteiger partial charge is 0.480 e. The Hall–Kier alpha value is -1.37. The van der Waals surface area contributed by atoms with Crippen molar-refractivity contribution in [1.29, 1.82) is 0 Å². The SMILES string of the molecule is CCCN(CC(=O)O)Cc1ccc(Cl)cc1[N+](=O)[O-].Cl. The van der Waals surface area contributed by atoms with E-state index >= 15 is 0 Å². The second-order valence-electron chi connectivity index (χ2n) is 4.13. The molecule has 0 atom stereocenters. The van der Waals surface area contributed by atoms with Gasteiger partial charge in [0.05, 0.1) is 11.5 Å². The quantitative estimate of drug-likeness (QED) is 0.616. The molecular formula is C12H16Cl2N2O4. The van der Waals surface area contributed by atoms with E-state index in [4.69, 9.17) is 16.7 Å². The minimum atomic E-state index is -0.954. The molecule has 0 fully saturated rings. The van der Waals surface area contributed by atoms with Gasteiger partial charge in [-0.05, 0) is 25.1 Å². The van der Waals surface area contributed by atoms with Crippen molar-refractivity contribution < 1.29 is 14.8 Å². The molecule has 0 radical (unpaired) electrons. The van der Waals surface area contributed by atoms with Crippen LogP contribution >= 0.6 is 24.0 Å². The average Bonchev–Trinajstić information content (AvgIpc) is 2.30. The first-order valence-electron chi connectivity index (χ1n) is 5.81. The average molecular weight is 323 g/mol. The minimum absolute atomic E-state index is 0. The molecule has 1 aromatic rings. The Balaban J connectivity index is 0.00000361. The number of carboxylic acid groups (broad SMARTS) is 1. The van der Waals surface area contributed by atoms with Crippen molar-refractivity contribution in [2.75, 3.05) is 13.1 Å². The third kappa shape index (κ3) is 5.73. The van der Waals surface area contributed by atoms with E-state index in [9.17, 15) is 14.9 Å². The van der Waals surface area contributed by atoms with Crippen LogP contribution in [-0.4, -0.2) is 34.0 Å². The topological polar surface area (TPSA) is 83.7 Å². The molecule has 0 bridgehead atoms. The van der Waals surface area contributed by atoms with E-state index in [0.717, 1.165) is 6.42 Å². The van der Waals surface area contributed by atoms with Crippen LogP contribution < -0.4 is 0 Å². The highest BCUT2D eigenvalue weighted by molar-refractivity contribution is 6.30. The first kappa shape index (κ1) is 18.6. The number of carbonyl (C=O) groups is 1. The Morgan fingerprint density at radius 1 is 1.50 bits per heavy atom. The lowest BCUT2D eigenvalue weighted by Gasteiger charge is -2.19. The molecule has 0 unspecified atom stereocenters. The van der Waals surface area contributed by atoms with E-state index in [-0.39, 0.29) is 36.2 Å². The Morgan fingerprint density at radius 3 is 2.65 bits per heavy atom. The smallest absolute Gasteiger partial charge is 0.317 e. The highest BCUT2D eigenvalue weighted by atomic mass is 35.5. The first-order valence-corrected chi connectivity index (χ1v) is 6.18. The molecule has 20 heavy (non-hydrogen) atoms. The molecule has 0 aliphatic carbocycles. The first-order chi connectivity index (χ1) is 8.93. The molecule has 112 valence electrons. The maximum Gasteiger partial charge on any atom is 0.317 e. The van der Waals surface area contributed by atoms with Crippen LogP contribution in [0.2, 0.25) is 5.02 Å². The van der Waals surface area contributed by atoms with Gasteiger partial charge >= 0.3 is 5.97 Å². The number of benzene rings is 1. The summed E-state index contributed by atoms with van der Waals surface area (Å²) in [5.74, 6) is -0.954. The number of rotatable bonds is 7. The van der Waals surface area contributed by atoms with Gasteiger partial charge in [-0.15, -0.1) is 12.4 Å². The number of hydrogen-bond acceptors (Lipinski definition) is 4. The molecule has 0 aliphatic heterocycles. The lowest BCUT2D eigenvalue weighted by Crippen LogP contribution is -2.30. The number of halogens is 2. The van der Waals surface area contributed by atoms with Gasteiger partial charge in [0.25, 0.3) is 5.69 Å². The van der Waals surface area contributed by atoms with Crippen LogP contribution in [0.4, 0.5) is 5.69 Å². The van der Waals surface area contributed by atoms with Gasteiger partial charge in [-0.3, -0.25) is 19.8 Å². The van der Waals surface area contributed by atoms with Crippen molar-refractivity contribution in [3.05, 3.63) is 38.9 Å². The van der Waals surface area contributed by atoms with Crippen LogP contribution in [0.15, 0.2) is 18.2 Å². The molecule has 0 amide bonds. The number of nitrogens with zero attached hydrogens (tertiary/aromatic N) is 2. The van der Waals surface area contributed by atoms with Gasteiger partial charge in [0.2, 0.25) is 0 Å². The van der Waals surface area contributed by atoms with Gasteiger partial charge in [-0.25, -0.2) is 0 Å². The van der Waals surface area contributed by atoms with E-state index in [1.54, 1.807) is 17.0 Å². The summed E-state index contributed by atoms with van der Waals surface area (Å²) in [5.41, 5.74) is 0.378. The van der Waals surface area contributed by atoms with Crippen molar-refractivity contribution in [2.45, 2.75) is 19.9 Å². The van der Waals surface area contributed by atoms with Gasteiger partial charge in [-0.2, -0.15) is 0 Å². The molecule has 8 heteroatoms. The van der Waals surface area contributed by atoms with Gasteiger partial charge in [-0.1, -0.05) is 18.5 Å². The van der Waals surface area contributed by atoms with E-state index < -0.39 is 10.9 Å². The summed E-state index contributed by atoms with van der Waals surface area (Å²) in [6.45, 7) is 2.55. The van der Waals surface area contributed by atoms with Gasteiger partial charge in [0, 0.05) is 23.2 Å². The summed E-state index contributed by atoms with van der Waals surface area (Å²) in [5, 5.41) is 20.0. The fourth-order valence-electron chi connectivity index (χ4n) is 1.80. The summed E-state index contributed by atoms with van der Waals surface area (Å²) < 4.78 is 0. The standard InChI is InChI=1S/C12H15ClN2O4.ClH/c1-2-5-14(8-12(16)17)7-9-3-4-10(13)6-11(9)15(18)19;/h3-4,6H,2,5,7-8H2,1H3,(H,16,17);1H. The number of carboxylic acids is 1. The third-order valence-electron chi connectivity index (χ3n) is 2.54. The molecule has 1 aromatic carbocycles. The van der Waals surface area contributed by atoms with Gasteiger partial charge in [0.15, 0.2) is 0 Å². The molecule has 6 nitrogen and oxygen atoms in total. The Morgan fingerprint density at radius 2 is 2.15 bits per heavy atom. The molecule has 1 rings (SSSR count). The van der Waals surface area contributed by atoms with E-state index in [1.807, 2.05) is 6.92 Å². The Kier molecular flexibility index (Phi) is 8.13. The monoisotopic (exact) mass is 322 g/mol. The van der Waals surface area contributed by atoms with Crippen molar-refractivity contribution in [2.24, 2.45) is 0 Å². The number of aliphatic carboxylic acids is 1. The summed E-state index contributed by atoms with van der Waals surface area (Å²) in [7, 11) is 0. The van der Waals surface area contributed by atoms with Crippen molar-refractivity contribution in [1.82, 2.24) is 4.90 Å². The second-order valence-corrected chi connectivity index (χ2v) is 4.57. The molecule has 0 aromatic heterocycles. The maximum absolute atomic E-state index is 10.9. The lowest BCUT2D eigenvalue weighted by atomic mass is 10.1. The Labute approximate surface area is 127 Å². The summed E-state index contributed by atoms with van der Waals surface area (Å²) >= 11 is 5.73. The number of hydrogen-bond donors (Lipinski definition) is 1. The highest BCUT2D eigenvalue weighted by Gasteiger charge is 2.18. The predicted molar refractivity (Wildman–Crippen MR) is 78.6 cm³/mol. The van der Waals surface area contributed by atoms with E-state index in [2.05, 4.69) is 0 Å². The van der Waals surface area contributed by atoms with E-state index in [1.165, 1.54) is 6.07 Å². The van der Waals surface area contributed by atoms with Crippen LogP contribution in [0, 0.1) is 10.1 Å². The molecule has 0 heterocycles. The van der Waals surface area contributed by atoms with Crippen LogP contribution in [0.1, 0.15) is 18.9 Å². The van der Waals surface area contributed by atoms with Crippen molar-refractivity contribution >= 4 is 35.7 Å². The molecule has 0 saturated carbocycles. The van der Waals surface area contributed by atoms with Crippen LogP contribution in [0.25, 0.3) is 0 Å². The highest BCUT2D eigenvalue weighted by Crippen LogP contribution is 2.24. The lowest BCUT2D eigenvalue weighted by molar-refractivity contribution is -0.385. The van der Waals surface area contributed by atoms with E-state index in [0.29, 0.717) is 12.1 Å². The maximum atomic E-state index is 10.9. The Bertz CT molecular complexity index is 483. The third-order valence-corrected chi connectivity index (χ3v) is 2.77. The van der Waals surface area contributed by atoms with Crippen LogP contribution in [0.5, 0.6) is 0 Å². The normalized spacial score (nSPS) is 10.2. The van der Waals surface area contributed by atoms with Crippen LogP contribution in [0.3, 0.4) is 0 Å². The van der Waals surface area contributed by atoms with Crippen molar-refractivity contribution in [3.63, 3.8) is 0 Å². The second kappa shape index (κ2) is 8.73. The van der Waals surface area contributed by atoms with Gasteiger partial charge in [0.1, 0.15) is 0 Å². The molecule has 0 spiro atoms. The summed E-state index contributed by atoms with van der Waals surface area (Å²) in [4.78, 5) is 22.8. The molecule has 1 N–H and O–H groups in total. The van der Waals surface area contributed by atoms with Crippen LogP contribution in [-0.2, 0) is 11.3 Å². The number of nitro groups is 1. The van der Waals surface area contributed by atoms with Crippen molar-refractivity contribution in [3.8, 4) is 0 Å². The molecular weight excluding hydrogens is 307 g/mol. The molecule has 0 aliphatic rings. The summed E-state index contributed by atoms with van der Waals surface area (Å²) in [6, 6.07) is 4.40. The van der Waals surface area contributed by atoms with Gasteiger partial charge < -0.3 is 5.11 Å². The fraction of sp³-hybridized carbons (Fsp3) is 0.417. The zero-order chi connectivity index (χ0) is 14.4. The fourth-order valence-corrected chi connectivity index (χ4v) is 1.97. The summed E-state index contributed by atoms with van der Waals surface area (Å²) in [6.07, 6.45) is 0.772.